The van der Waals surface area contributed by atoms with Gasteiger partial charge in [-0.25, -0.2) is 4.98 Å². The van der Waals surface area contributed by atoms with Crippen LogP contribution >= 0.6 is 0 Å². The van der Waals surface area contributed by atoms with Crippen LogP contribution in [0.3, 0.4) is 0 Å². The Morgan fingerprint density at radius 1 is 1.80 bits per heavy atom. The van der Waals surface area contributed by atoms with Crippen LogP contribution in [0, 0.1) is 0 Å². The predicted octanol–water partition coefficient (Wildman–Crippen LogP) is -0.257. The van der Waals surface area contributed by atoms with Gasteiger partial charge in [-0.05, 0) is 7.05 Å². The average Bonchev–Trinajstić information content (AvgIpc) is 2.38. The van der Waals surface area contributed by atoms with Crippen molar-refractivity contribution in [2.75, 3.05) is 13.6 Å². The lowest BCUT2D eigenvalue weighted by Crippen LogP contribution is -2.23. The van der Waals surface area contributed by atoms with Gasteiger partial charge in [-0.3, -0.25) is 9.36 Å². The Bertz CT molecular complexity index is 205. The fraction of sp³-hybridized carbons (Fsp3) is 0.333. The van der Waals surface area contributed by atoms with Crippen molar-refractivity contribution in [3.05, 3.63) is 18.7 Å². The number of nitrogens with one attached hydrogen (secondary N) is 1. The SMILES string of the molecule is CNCC(=O)n1ccnc1. The molecular formula is C6H9N3O. The first-order valence-corrected chi connectivity index (χ1v) is 3.00. The molecule has 4 nitrogen and oxygen atoms in total. The zero-order chi connectivity index (χ0) is 7.40. The van der Waals surface area contributed by atoms with Gasteiger partial charge in [-0.15, -0.1) is 0 Å². The molecule has 10 heavy (non-hydrogen) atoms. The van der Waals surface area contributed by atoms with Crippen LogP contribution in [0.15, 0.2) is 18.7 Å². The van der Waals surface area contributed by atoms with Gasteiger partial charge in [0.1, 0.15) is 6.33 Å². The number of likely N-dealkylation sites (N-methyl/N-ethyl adjacent to an activating group) is 1. The fourth-order valence-corrected chi connectivity index (χ4v) is 0.649. The van der Waals surface area contributed by atoms with E-state index < -0.39 is 0 Å². The van der Waals surface area contributed by atoms with Gasteiger partial charge in [-0.1, -0.05) is 0 Å². The number of carbonyl (C=O) groups is 1. The smallest absolute Gasteiger partial charge is 0.245 e. The summed E-state index contributed by atoms with van der Waals surface area (Å²) in [6.07, 6.45) is 4.69. The van der Waals surface area contributed by atoms with Crippen LogP contribution in [-0.2, 0) is 0 Å². The third-order valence-electron chi connectivity index (χ3n) is 1.12. The standard InChI is InChI=1S/C6H9N3O/c1-7-4-6(10)9-3-2-8-5-9/h2-3,5,7H,4H2,1H3. The zero-order valence-corrected chi connectivity index (χ0v) is 5.74. The van der Waals surface area contributed by atoms with E-state index in [2.05, 4.69) is 10.3 Å². The molecule has 0 amide bonds. The molecule has 0 aromatic carbocycles. The Hall–Kier alpha value is -1.16. The van der Waals surface area contributed by atoms with Gasteiger partial charge in [-0.2, -0.15) is 0 Å². The van der Waals surface area contributed by atoms with Crippen LogP contribution in [0.2, 0.25) is 0 Å². The molecule has 1 heterocycles. The Labute approximate surface area is 58.9 Å². The number of aromatic nitrogens is 2. The van der Waals surface area contributed by atoms with Crippen molar-refractivity contribution < 1.29 is 4.79 Å². The van der Waals surface area contributed by atoms with E-state index >= 15 is 0 Å². The maximum absolute atomic E-state index is 11.0. The Kier molecular flexibility index (Phi) is 2.17. The van der Waals surface area contributed by atoms with Crippen molar-refractivity contribution in [2.24, 2.45) is 0 Å². The normalized spacial score (nSPS) is 9.70. The van der Waals surface area contributed by atoms with E-state index in [1.54, 1.807) is 19.4 Å². The highest BCUT2D eigenvalue weighted by atomic mass is 16.2. The number of carbonyl (C=O) groups excluding carboxylic acids is 1. The Morgan fingerprint density at radius 3 is 3.10 bits per heavy atom. The van der Waals surface area contributed by atoms with Crippen LogP contribution < -0.4 is 5.32 Å². The zero-order valence-electron chi connectivity index (χ0n) is 5.74. The molecule has 0 radical (unpaired) electrons. The van der Waals surface area contributed by atoms with E-state index in [-0.39, 0.29) is 5.91 Å². The van der Waals surface area contributed by atoms with Crippen molar-refractivity contribution in [3.63, 3.8) is 0 Å². The molecule has 54 valence electrons. The number of hydrogen-bond donors (Lipinski definition) is 1. The lowest BCUT2D eigenvalue weighted by atomic mass is 10.6. The van der Waals surface area contributed by atoms with E-state index in [1.807, 2.05) is 0 Å². The maximum atomic E-state index is 11.0. The van der Waals surface area contributed by atoms with E-state index in [0.717, 1.165) is 0 Å². The minimum absolute atomic E-state index is 0.000000000000000444. The first-order valence-electron chi connectivity index (χ1n) is 3.00. The summed E-state index contributed by atoms with van der Waals surface area (Å²) in [7, 11) is 1.73. The summed E-state index contributed by atoms with van der Waals surface area (Å²) in [5.41, 5.74) is 0. The Balaban J connectivity index is 2.59. The molecule has 0 bridgehead atoms. The molecule has 0 aliphatic heterocycles. The van der Waals surface area contributed by atoms with E-state index in [9.17, 15) is 4.79 Å². The maximum Gasteiger partial charge on any atom is 0.245 e. The second-order valence-corrected chi connectivity index (χ2v) is 1.89. The van der Waals surface area contributed by atoms with Crippen molar-refractivity contribution in [3.8, 4) is 0 Å². The van der Waals surface area contributed by atoms with E-state index in [4.69, 9.17) is 0 Å². The summed E-state index contributed by atoms with van der Waals surface area (Å²) >= 11 is 0. The molecule has 0 atom stereocenters. The molecule has 0 saturated carbocycles. The summed E-state index contributed by atoms with van der Waals surface area (Å²) in [4.78, 5) is 14.7. The summed E-state index contributed by atoms with van der Waals surface area (Å²) in [6, 6.07) is 0. The van der Waals surface area contributed by atoms with Gasteiger partial charge >= 0.3 is 0 Å². The molecule has 0 aliphatic rings. The summed E-state index contributed by atoms with van der Waals surface area (Å²) < 4.78 is 1.44. The topological polar surface area (TPSA) is 46.9 Å². The van der Waals surface area contributed by atoms with Gasteiger partial charge in [0.25, 0.3) is 0 Å². The molecule has 0 saturated heterocycles. The highest BCUT2D eigenvalue weighted by Gasteiger charge is 1.99. The van der Waals surface area contributed by atoms with Crippen molar-refractivity contribution in [1.82, 2.24) is 14.9 Å². The second kappa shape index (κ2) is 3.12. The van der Waals surface area contributed by atoms with Crippen LogP contribution in [0.1, 0.15) is 4.79 Å². The molecule has 1 rings (SSSR count). The summed E-state index contributed by atoms with van der Waals surface area (Å²) in [5.74, 6) is 0.000000000000000444. The van der Waals surface area contributed by atoms with Crippen LogP contribution in [0.5, 0.6) is 0 Å². The van der Waals surface area contributed by atoms with Gasteiger partial charge < -0.3 is 5.32 Å². The largest absolute Gasteiger partial charge is 0.311 e. The highest BCUT2D eigenvalue weighted by molar-refractivity contribution is 5.80. The minimum atomic E-state index is 0.000000000000000444. The first kappa shape index (κ1) is 6.95. The van der Waals surface area contributed by atoms with Gasteiger partial charge in [0.05, 0.1) is 6.54 Å². The molecule has 4 heteroatoms. The number of hydrogen-bond acceptors (Lipinski definition) is 3. The Morgan fingerprint density at radius 2 is 2.60 bits per heavy atom. The molecule has 0 unspecified atom stereocenters. The number of imidazole rings is 1. The fourth-order valence-electron chi connectivity index (χ4n) is 0.649. The van der Waals surface area contributed by atoms with E-state index in [0.29, 0.717) is 6.54 Å². The van der Waals surface area contributed by atoms with Crippen molar-refractivity contribution in [2.45, 2.75) is 0 Å². The average molecular weight is 139 g/mol. The lowest BCUT2D eigenvalue weighted by Gasteiger charge is -1.97. The van der Waals surface area contributed by atoms with Crippen LogP contribution in [-0.4, -0.2) is 29.1 Å². The number of rotatable bonds is 2. The van der Waals surface area contributed by atoms with Crippen molar-refractivity contribution >= 4 is 5.91 Å². The predicted molar refractivity (Wildman–Crippen MR) is 36.8 cm³/mol. The quantitative estimate of drug-likeness (QED) is 0.614. The number of nitrogens with zero attached hydrogens (tertiary/aromatic N) is 2. The first-order chi connectivity index (χ1) is 4.84. The summed E-state index contributed by atoms with van der Waals surface area (Å²) in [5, 5.41) is 2.76. The molecular weight excluding hydrogens is 130 g/mol. The highest BCUT2D eigenvalue weighted by Crippen LogP contribution is 1.83. The van der Waals surface area contributed by atoms with E-state index in [1.165, 1.54) is 10.9 Å². The monoisotopic (exact) mass is 139 g/mol. The molecule has 0 aliphatic carbocycles. The summed E-state index contributed by atoms with van der Waals surface area (Å²) in [6.45, 7) is 0.344. The third kappa shape index (κ3) is 1.41. The van der Waals surface area contributed by atoms with Gasteiger partial charge in [0.15, 0.2) is 0 Å². The molecule has 0 fully saturated rings. The minimum Gasteiger partial charge on any atom is -0.311 e. The molecule has 1 N–H and O–H groups in total. The lowest BCUT2D eigenvalue weighted by molar-refractivity contribution is 0.0915. The second-order valence-electron chi connectivity index (χ2n) is 1.89. The third-order valence-corrected chi connectivity index (χ3v) is 1.12. The van der Waals surface area contributed by atoms with Crippen LogP contribution in [0.4, 0.5) is 0 Å². The van der Waals surface area contributed by atoms with Crippen molar-refractivity contribution in [1.29, 1.82) is 0 Å². The van der Waals surface area contributed by atoms with Gasteiger partial charge in [0, 0.05) is 12.4 Å². The van der Waals surface area contributed by atoms with Crippen LogP contribution in [0.25, 0.3) is 0 Å². The molecule has 1 aromatic rings. The molecule has 0 spiro atoms. The molecule has 1 aromatic heterocycles. The van der Waals surface area contributed by atoms with Gasteiger partial charge in [0.2, 0.25) is 5.91 Å².